The van der Waals surface area contributed by atoms with E-state index in [0.29, 0.717) is 32.7 Å². The Morgan fingerprint density at radius 3 is 2.35 bits per heavy atom. The Labute approximate surface area is 155 Å². The predicted octanol–water partition coefficient (Wildman–Crippen LogP) is 2.47. The average Bonchev–Trinajstić information content (AvgIpc) is 2.58. The molecule has 144 valence electrons. The van der Waals surface area contributed by atoms with Gasteiger partial charge in [-0.15, -0.1) is 0 Å². The third kappa shape index (κ3) is 6.02. The van der Waals surface area contributed by atoms with Gasteiger partial charge >= 0.3 is 5.97 Å². The molecule has 1 fully saturated rings. The zero-order valence-corrected chi connectivity index (χ0v) is 16.0. The first-order valence-electron chi connectivity index (χ1n) is 9.33. The van der Waals surface area contributed by atoms with Gasteiger partial charge in [0.25, 0.3) is 0 Å². The van der Waals surface area contributed by atoms with Gasteiger partial charge in [0.15, 0.2) is 0 Å². The molecule has 0 radical (unpaired) electrons. The number of carbonyl (C=O) groups is 2. The summed E-state index contributed by atoms with van der Waals surface area (Å²) in [5.41, 5.74) is 2.30. The van der Waals surface area contributed by atoms with Crippen LogP contribution in [0.25, 0.3) is 0 Å². The fourth-order valence-electron chi connectivity index (χ4n) is 3.58. The summed E-state index contributed by atoms with van der Waals surface area (Å²) in [6.45, 7) is 8.56. The molecule has 0 unspecified atom stereocenters. The molecular weight excluding hydrogens is 332 g/mol. The van der Waals surface area contributed by atoms with Crippen molar-refractivity contribution in [2.24, 2.45) is 0 Å². The second kappa shape index (κ2) is 9.57. The minimum atomic E-state index is -0.797. The topological polar surface area (TPSA) is 70.1 Å². The summed E-state index contributed by atoms with van der Waals surface area (Å²) in [5.74, 6) is 0.115. The highest BCUT2D eigenvalue weighted by Gasteiger charge is 2.27. The van der Waals surface area contributed by atoms with Crippen molar-refractivity contribution in [3.63, 3.8) is 0 Å². The van der Waals surface area contributed by atoms with Gasteiger partial charge < -0.3 is 14.7 Å². The Hall–Kier alpha value is -2.08. The summed E-state index contributed by atoms with van der Waals surface area (Å²) in [6.07, 6.45) is 2.01. The molecule has 2 rings (SSSR count). The summed E-state index contributed by atoms with van der Waals surface area (Å²) in [7, 11) is 0. The van der Waals surface area contributed by atoms with Gasteiger partial charge in [0, 0.05) is 19.1 Å². The van der Waals surface area contributed by atoms with E-state index >= 15 is 0 Å². The van der Waals surface area contributed by atoms with Crippen LogP contribution in [0.5, 0.6) is 5.75 Å². The monoisotopic (exact) mass is 362 g/mol. The Morgan fingerprint density at radius 2 is 1.81 bits per heavy atom. The van der Waals surface area contributed by atoms with E-state index in [-0.39, 0.29) is 18.5 Å². The standard InChI is InChI=1S/C20H30N2O4/c1-4-21(14-20(24)25)17-5-8-22(9-6-17)19(23)7-10-26-18-12-15(2)11-16(3)13-18/h11-13,17H,4-10,14H2,1-3H3,(H,24,25). The van der Waals surface area contributed by atoms with E-state index in [0.717, 1.165) is 29.7 Å². The average molecular weight is 362 g/mol. The van der Waals surface area contributed by atoms with Crippen LogP contribution in [-0.4, -0.2) is 65.6 Å². The number of amides is 1. The first-order chi connectivity index (χ1) is 12.4. The number of nitrogens with zero attached hydrogens (tertiary/aromatic N) is 2. The number of aryl methyl sites for hydroxylation is 2. The Balaban J connectivity index is 1.75. The van der Waals surface area contributed by atoms with Gasteiger partial charge in [0.05, 0.1) is 19.6 Å². The number of rotatable bonds is 8. The van der Waals surface area contributed by atoms with E-state index in [1.54, 1.807) is 0 Å². The highest BCUT2D eigenvalue weighted by molar-refractivity contribution is 5.76. The van der Waals surface area contributed by atoms with E-state index in [1.165, 1.54) is 0 Å². The molecule has 1 saturated heterocycles. The summed E-state index contributed by atoms with van der Waals surface area (Å²) < 4.78 is 5.73. The smallest absolute Gasteiger partial charge is 0.317 e. The Kier molecular flexibility index (Phi) is 7.45. The van der Waals surface area contributed by atoms with Crippen molar-refractivity contribution in [1.82, 2.24) is 9.80 Å². The number of piperidine rings is 1. The van der Waals surface area contributed by atoms with Crippen LogP contribution in [0.2, 0.25) is 0 Å². The molecule has 0 atom stereocenters. The van der Waals surface area contributed by atoms with E-state index in [1.807, 2.05) is 42.7 Å². The number of carboxylic acid groups (broad SMARTS) is 1. The van der Waals surface area contributed by atoms with E-state index in [2.05, 4.69) is 6.07 Å². The number of aliphatic carboxylic acids is 1. The van der Waals surface area contributed by atoms with Crippen molar-refractivity contribution in [3.05, 3.63) is 29.3 Å². The maximum absolute atomic E-state index is 12.4. The molecule has 6 heteroatoms. The van der Waals surface area contributed by atoms with Crippen molar-refractivity contribution < 1.29 is 19.4 Å². The molecular formula is C20H30N2O4. The fourth-order valence-corrected chi connectivity index (χ4v) is 3.58. The molecule has 1 aliphatic rings. The van der Waals surface area contributed by atoms with Gasteiger partial charge in [-0.05, 0) is 56.5 Å². The second-order valence-corrected chi connectivity index (χ2v) is 6.99. The van der Waals surface area contributed by atoms with Crippen LogP contribution in [0, 0.1) is 13.8 Å². The number of carboxylic acids is 1. The zero-order chi connectivity index (χ0) is 19.1. The molecule has 1 aliphatic heterocycles. The molecule has 0 saturated carbocycles. The number of hydrogen-bond acceptors (Lipinski definition) is 4. The normalized spacial score (nSPS) is 15.3. The van der Waals surface area contributed by atoms with E-state index in [9.17, 15) is 9.59 Å². The van der Waals surface area contributed by atoms with Gasteiger partial charge in [-0.3, -0.25) is 14.5 Å². The minimum Gasteiger partial charge on any atom is -0.493 e. The highest BCUT2D eigenvalue weighted by Crippen LogP contribution is 2.18. The molecule has 1 N–H and O–H groups in total. The second-order valence-electron chi connectivity index (χ2n) is 6.99. The highest BCUT2D eigenvalue weighted by atomic mass is 16.5. The first kappa shape index (κ1) is 20.2. The number of benzene rings is 1. The summed E-state index contributed by atoms with van der Waals surface area (Å²) >= 11 is 0. The van der Waals surface area contributed by atoms with Crippen LogP contribution >= 0.6 is 0 Å². The van der Waals surface area contributed by atoms with Gasteiger partial charge in [0.1, 0.15) is 5.75 Å². The quantitative estimate of drug-likeness (QED) is 0.769. The summed E-state index contributed by atoms with van der Waals surface area (Å²) in [4.78, 5) is 27.2. The maximum atomic E-state index is 12.4. The minimum absolute atomic E-state index is 0.0683. The lowest BCUT2D eigenvalue weighted by Crippen LogP contribution is -2.48. The fraction of sp³-hybridized carbons (Fsp3) is 0.600. The first-order valence-corrected chi connectivity index (χ1v) is 9.33. The molecule has 1 amide bonds. The third-order valence-electron chi connectivity index (χ3n) is 4.86. The van der Waals surface area contributed by atoms with Crippen molar-refractivity contribution in [2.45, 2.75) is 46.1 Å². The number of likely N-dealkylation sites (N-methyl/N-ethyl adjacent to an activating group) is 1. The summed E-state index contributed by atoms with van der Waals surface area (Å²) in [5, 5.41) is 8.99. The number of ether oxygens (including phenoxy) is 1. The van der Waals surface area contributed by atoms with Crippen LogP contribution in [0.1, 0.15) is 37.3 Å². The SMILES string of the molecule is CCN(CC(=O)O)C1CCN(C(=O)CCOc2cc(C)cc(C)c2)CC1. The lowest BCUT2D eigenvalue weighted by Gasteiger charge is -2.37. The van der Waals surface area contributed by atoms with Gasteiger partial charge in [-0.1, -0.05) is 13.0 Å². The van der Waals surface area contributed by atoms with Crippen molar-refractivity contribution in [1.29, 1.82) is 0 Å². The third-order valence-corrected chi connectivity index (χ3v) is 4.86. The lowest BCUT2D eigenvalue weighted by atomic mass is 10.0. The van der Waals surface area contributed by atoms with Crippen LogP contribution in [0.15, 0.2) is 18.2 Å². The molecule has 0 aromatic heterocycles. The van der Waals surface area contributed by atoms with Gasteiger partial charge in [0.2, 0.25) is 5.91 Å². The molecule has 1 aromatic carbocycles. The van der Waals surface area contributed by atoms with Gasteiger partial charge in [-0.2, -0.15) is 0 Å². The molecule has 1 heterocycles. The van der Waals surface area contributed by atoms with Crippen LogP contribution in [-0.2, 0) is 9.59 Å². The van der Waals surface area contributed by atoms with Crippen LogP contribution < -0.4 is 4.74 Å². The number of likely N-dealkylation sites (tertiary alicyclic amines) is 1. The molecule has 0 bridgehead atoms. The predicted molar refractivity (Wildman–Crippen MR) is 101 cm³/mol. The van der Waals surface area contributed by atoms with E-state index in [4.69, 9.17) is 9.84 Å². The molecule has 0 aliphatic carbocycles. The van der Waals surface area contributed by atoms with Crippen LogP contribution in [0.3, 0.4) is 0 Å². The van der Waals surface area contributed by atoms with Crippen LogP contribution in [0.4, 0.5) is 0 Å². The molecule has 26 heavy (non-hydrogen) atoms. The summed E-state index contributed by atoms with van der Waals surface area (Å²) in [6, 6.07) is 6.29. The van der Waals surface area contributed by atoms with Crippen molar-refractivity contribution in [3.8, 4) is 5.75 Å². The maximum Gasteiger partial charge on any atom is 0.317 e. The number of carbonyl (C=O) groups excluding carboxylic acids is 1. The van der Waals surface area contributed by atoms with Crippen molar-refractivity contribution in [2.75, 3.05) is 32.8 Å². The number of hydrogen-bond donors (Lipinski definition) is 1. The Morgan fingerprint density at radius 1 is 1.19 bits per heavy atom. The largest absolute Gasteiger partial charge is 0.493 e. The van der Waals surface area contributed by atoms with Gasteiger partial charge in [-0.25, -0.2) is 0 Å². The molecule has 6 nitrogen and oxygen atoms in total. The Bertz CT molecular complexity index is 604. The van der Waals surface area contributed by atoms with E-state index < -0.39 is 5.97 Å². The molecule has 1 aromatic rings. The molecule has 0 spiro atoms. The lowest BCUT2D eigenvalue weighted by molar-refractivity contribution is -0.140. The van der Waals surface area contributed by atoms with Crippen molar-refractivity contribution >= 4 is 11.9 Å². The zero-order valence-electron chi connectivity index (χ0n) is 16.0.